The van der Waals surface area contributed by atoms with E-state index < -0.39 is 5.41 Å². The van der Waals surface area contributed by atoms with Gasteiger partial charge in [-0.3, -0.25) is 4.79 Å². The molecule has 0 aromatic heterocycles. The van der Waals surface area contributed by atoms with Crippen LogP contribution in [0.4, 0.5) is 5.69 Å². The molecule has 0 fully saturated rings. The van der Waals surface area contributed by atoms with Crippen molar-refractivity contribution in [2.45, 2.75) is 34.6 Å². The Morgan fingerprint density at radius 2 is 1.89 bits per heavy atom. The van der Waals surface area contributed by atoms with Crippen LogP contribution in [-0.4, -0.2) is 18.6 Å². The molecular formula is C15H21NO2. The fourth-order valence-corrected chi connectivity index (χ4v) is 1.61. The third kappa shape index (κ3) is 3.42. The van der Waals surface area contributed by atoms with Gasteiger partial charge in [0.1, 0.15) is 5.75 Å². The molecule has 0 heterocycles. The molecule has 0 amide bonds. The summed E-state index contributed by atoms with van der Waals surface area (Å²) in [5.41, 5.74) is 1.93. The second-order valence-electron chi connectivity index (χ2n) is 5.43. The smallest absolute Gasteiger partial charge is 0.182 e. The summed E-state index contributed by atoms with van der Waals surface area (Å²) in [6.45, 7) is 9.41. The zero-order valence-electron chi connectivity index (χ0n) is 12.0. The lowest BCUT2D eigenvalue weighted by Crippen LogP contribution is -2.26. The van der Waals surface area contributed by atoms with Gasteiger partial charge in [-0.1, -0.05) is 26.8 Å². The molecule has 0 saturated carbocycles. The average molecular weight is 247 g/mol. The zero-order chi connectivity index (χ0) is 13.9. The Labute approximate surface area is 109 Å². The van der Waals surface area contributed by atoms with E-state index in [-0.39, 0.29) is 5.78 Å². The van der Waals surface area contributed by atoms with Gasteiger partial charge in [0.05, 0.1) is 18.5 Å². The number of rotatable bonds is 3. The van der Waals surface area contributed by atoms with Crippen LogP contribution in [0.5, 0.6) is 5.75 Å². The molecule has 1 rings (SSSR count). The number of methoxy groups -OCH3 is 1. The van der Waals surface area contributed by atoms with Gasteiger partial charge < -0.3 is 4.74 Å². The number of Topliss-reactive ketones (excluding diaryl/α,β-unsaturated/α-hetero) is 1. The van der Waals surface area contributed by atoms with E-state index in [1.807, 2.05) is 45.9 Å². The van der Waals surface area contributed by atoms with Crippen molar-refractivity contribution in [1.29, 1.82) is 0 Å². The molecule has 0 bridgehead atoms. The van der Waals surface area contributed by atoms with E-state index in [2.05, 4.69) is 4.99 Å². The van der Waals surface area contributed by atoms with Crippen LogP contribution in [0, 0.1) is 12.3 Å². The molecule has 0 aliphatic heterocycles. The second kappa shape index (κ2) is 5.34. The Morgan fingerprint density at radius 3 is 2.39 bits per heavy atom. The van der Waals surface area contributed by atoms with E-state index in [9.17, 15) is 4.79 Å². The highest BCUT2D eigenvalue weighted by molar-refractivity contribution is 6.41. The van der Waals surface area contributed by atoms with Crippen LogP contribution in [0.1, 0.15) is 33.3 Å². The molecule has 1 aromatic rings. The molecule has 0 aliphatic carbocycles. The third-order valence-electron chi connectivity index (χ3n) is 2.71. The molecule has 98 valence electrons. The minimum absolute atomic E-state index is 0.0599. The number of hydrogen-bond donors (Lipinski definition) is 0. The normalized spacial score (nSPS) is 12.4. The van der Waals surface area contributed by atoms with E-state index in [0.717, 1.165) is 17.0 Å². The predicted octanol–water partition coefficient (Wildman–Crippen LogP) is 3.71. The van der Waals surface area contributed by atoms with Gasteiger partial charge in [-0.25, -0.2) is 4.99 Å². The standard InChI is InChI=1S/C15H21NO2/c1-10-7-8-12(18-6)9-13(10)16-11(2)14(17)15(3,4)5/h7-9H,1-6H3. The van der Waals surface area contributed by atoms with E-state index >= 15 is 0 Å². The van der Waals surface area contributed by atoms with E-state index in [1.54, 1.807) is 14.0 Å². The molecule has 0 radical (unpaired) electrons. The lowest BCUT2D eigenvalue weighted by Gasteiger charge is -2.16. The number of nitrogens with zero attached hydrogens (tertiary/aromatic N) is 1. The van der Waals surface area contributed by atoms with Crippen LogP contribution in [0.25, 0.3) is 0 Å². The first kappa shape index (κ1) is 14.4. The van der Waals surface area contributed by atoms with Crippen LogP contribution in [0.15, 0.2) is 23.2 Å². The van der Waals surface area contributed by atoms with Gasteiger partial charge in [-0.15, -0.1) is 0 Å². The zero-order valence-corrected chi connectivity index (χ0v) is 12.0. The lowest BCUT2D eigenvalue weighted by molar-refractivity contribution is -0.119. The van der Waals surface area contributed by atoms with Crippen molar-refractivity contribution in [3.63, 3.8) is 0 Å². The molecule has 0 spiro atoms. The molecule has 18 heavy (non-hydrogen) atoms. The highest BCUT2D eigenvalue weighted by Crippen LogP contribution is 2.25. The maximum absolute atomic E-state index is 12.1. The van der Waals surface area contributed by atoms with E-state index in [4.69, 9.17) is 4.74 Å². The largest absolute Gasteiger partial charge is 0.497 e. The first-order valence-corrected chi connectivity index (χ1v) is 6.00. The van der Waals surface area contributed by atoms with Crippen molar-refractivity contribution in [2.75, 3.05) is 7.11 Å². The summed E-state index contributed by atoms with van der Waals surface area (Å²) >= 11 is 0. The minimum Gasteiger partial charge on any atom is -0.497 e. The minimum atomic E-state index is -0.402. The molecule has 0 aliphatic rings. The maximum Gasteiger partial charge on any atom is 0.182 e. The average Bonchev–Trinajstić information content (AvgIpc) is 2.29. The number of ether oxygens (including phenoxy) is 1. The molecule has 0 N–H and O–H groups in total. The Kier molecular flexibility index (Phi) is 4.28. The highest BCUT2D eigenvalue weighted by atomic mass is 16.5. The van der Waals surface area contributed by atoms with Crippen LogP contribution in [-0.2, 0) is 4.79 Å². The van der Waals surface area contributed by atoms with Gasteiger partial charge >= 0.3 is 0 Å². The molecule has 3 heteroatoms. The van der Waals surface area contributed by atoms with Gasteiger partial charge in [-0.05, 0) is 25.5 Å². The van der Waals surface area contributed by atoms with Crippen LogP contribution in [0.2, 0.25) is 0 Å². The number of ketones is 1. The number of aliphatic imine (C=N–C) groups is 1. The van der Waals surface area contributed by atoms with E-state index in [0.29, 0.717) is 5.71 Å². The van der Waals surface area contributed by atoms with Crippen LogP contribution >= 0.6 is 0 Å². The summed E-state index contributed by atoms with van der Waals surface area (Å²) in [7, 11) is 1.62. The van der Waals surface area contributed by atoms with Crippen molar-refractivity contribution in [2.24, 2.45) is 10.4 Å². The monoisotopic (exact) mass is 247 g/mol. The van der Waals surface area contributed by atoms with Crippen molar-refractivity contribution >= 4 is 17.2 Å². The number of benzene rings is 1. The molecule has 1 aromatic carbocycles. The third-order valence-corrected chi connectivity index (χ3v) is 2.71. The molecule has 0 atom stereocenters. The lowest BCUT2D eigenvalue weighted by atomic mass is 9.88. The van der Waals surface area contributed by atoms with Crippen molar-refractivity contribution in [1.82, 2.24) is 0 Å². The van der Waals surface area contributed by atoms with Gasteiger partial charge in [0.2, 0.25) is 0 Å². The summed E-state index contributed by atoms with van der Waals surface area (Å²) in [4.78, 5) is 16.5. The maximum atomic E-state index is 12.1. The van der Waals surface area contributed by atoms with Gasteiger partial charge in [0, 0.05) is 11.5 Å². The molecule has 3 nitrogen and oxygen atoms in total. The molecular weight excluding hydrogens is 226 g/mol. The highest BCUT2D eigenvalue weighted by Gasteiger charge is 2.23. The number of carbonyl (C=O) groups is 1. The van der Waals surface area contributed by atoms with Gasteiger partial charge in [-0.2, -0.15) is 0 Å². The van der Waals surface area contributed by atoms with Crippen molar-refractivity contribution in [3.05, 3.63) is 23.8 Å². The summed E-state index contributed by atoms with van der Waals surface area (Å²) < 4.78 is 5.16. The Morgan fingerprint density at radius 1 is 1.28 bits per heavy atom. The SMILES string of the molecule is COc1ccc(C)c(N=C(C)C(=O)C(C)(C)C)c1. The first-order chi connectivity index (χ1) is 8.25. The van der Waals surface area contributed by atoms with Gasteiger partial charge in [0.15, 0.2) is 5.78 Å². The number of aryl methyl sites for hydroxylation is 1. The van der Waals surface area contributed by atoms with E-state index in [1.165, 1.54) is 0 Å². The number of hydrogen-bond acceptors (Lipinski definition) is 3. The summed E-state index contributed by atoms with van der Waals surface area (Å²) in [5, 5.41) is 0. The fraction of sp³-hybridized carbons (Fsp3) is 0.467. The van der Waals surface area contributed by atoms with Crippen LogP contribution in [0.3, 0.4) is 0 Å². The molecule has 0 saturated heterocycles. The summed E-state index contributed by atoms with van der Waals surface area (Å²) in [5.74, 6) is 0.806. The number of carbonyl (C=O) groups excluding carboxylic acids is 1. The first-order valence-electron chi connectivity index (χ1n) is 6.00. The predicted molar refractivity (Wildman–Crippen MR) is 75.0 cm³/mol. The Bertz CT molecular complexity index is 482. The Hall–Kier alpha value is -1.64. The summed E-state index contributed by atoms with van der Waals surface area (Å²) in [6, 6.07) is 5.66. The Balaban J connectivity index is 3.13. The second-order valence-corrected chi connectivity index (χ2v) is 5.43. The van der Waals surface area contributed by atoms with Crippen molar-refractivity contribution < 1.29 is 9.53 Å². The molecule has 0 unspecified atom stereocenters. The summed E-state index contributed by atoms with van der Waals surface area (Å²) in [6.07, 6.45) is 0. The van der Waals surface area contributed by atoms with Gasteiger partial charge in [0.25, 0.3) is 0 Å². The quantitative estimate of drug-likeness (QED) is 0.764. The van der Waals surface area contributed by atoms with Crippen molar-refractivity contribution in [3.8, 4) is 5.75 Å². The van der Waals surface area contributed by atoms with Crippen LogP contribution < -0.4 is 4.74 Å². The fourth-order valence-electron chi connectivity index (χ4n) is 1.61. The topological polar surface area (TPSA) is 38.7 Å².